The van der Waals surface area contributed by atoms with E-state index in [0.717, 1.165) is 23.7 Å². The zero-order valence-corrected chi connectivity index (χ0v) is 10.6. The molecule has 0 aliphatic carbocycles. The molecule has 1 heterocycles. The molecule has 0 aromatic heterocycles. The van der Waals surface area contributed by atoms with Crippen LogP contribution in [0.15, 0.2) is 18.2 Å². The van der Waals surface area contributed by atoms with E-state index in [4.69, 9.17) is 16.3 Å². The van der Waals surface area contributed by atoms with Gasteiger partial charge in [0.1, 0.15) is 0 Å². The average molecular weight is 254 g/mol. The normalized spacial score (nSPS) is 17.4. The maximum absolute atomic E-state index is 11.3. The number of anilines is 1. The summed E-state index contributed by atoms with van der Waals surface area (Å²) in [7, 11) is 0. The Kier molecular flexibility index (Phi) is 3.89. The number of fused-ring (bicyclic) bond motifs is 1. The van der Waals surface area contributed by atoms with Gasteiger partial charge in [-0.3, -0.25) is 4.79 Å². The Morgan fingerprint density at radius 3 is 3.18 bits per heavy atom. The largest absolute Gasteiger partial charge is 0.466 e. The van der Waals surface area contributed by atoms with Crippen LogP contribution >= 0.6 is 11.6 Å². The van der Waals surface area contributed by atoms with E-state index in [1.165, 1.54) is 5.56 Å². The van der Waals surface area contributed by atoms with Gasteiger partial charge < -0.3 is 10.1 Å². The highest BCUT2D eigenvalue weighted by Crippen LogP contribution is 2.35. The van der Waals surface area contributed by atoms with Crippen molar-refractivity contribution in [1.29, 1.82) is 0 Å². The van der Waals surface area contributed by atoms with Crippen LogP contribution in [0.5, 0.6) is 0 Å². The van der Waals surface area contributed by atoms with Crippen LogP contribution in [0, 0.1) is 0 Å². The Labute approximate surface area is 106 Å². The number of carbonyl (C=O) groups is 1. The van der Waals surface area contributed by atoms with Gasteiger partial charge in [-0.15, -0.1) is 0 Å². The SMILES string of the molecule is CCOC(=O)CCC1CNc2ccc(Cl)cc21. The van der Waals surface area contributed by atoms with Crippen molar-refractivity contribution in [3.05, 3.63) is 28.8 Å². The van der Waals surface area contributed by atoms with Gasteiger partial charge in [0.2, 0.25) is 0 Å². The zero-order chi connectivity index (χ0) is 12.3. The molecule has 0 saturated heterocycles. The summed E-state index contributed by atoms with van der Waals surface area (Å²) < 4.78 is 4.93. The van der Waals surface area contributed by atoms with Crippen LogP contribution in [-0.2, 0) is 9.53 Å². The topological polar surface area (TPSA) is 38.3 Å². The first-order valence-electron chi connectivity index (χ1n) is 5.89. The number of hydrogen-bond acceptors (Lipinski definition) is 3. The fourth-order valence-electron chi connectivity index (χ4n) is 2.16. The van der Waals surface area contributed by atoms with Gasteiger partial charge in [0.05, 0.1) is 6.61 Å². The molecular formula is C13H16ClNO2. The molecular weight excluding hydrogens is 238 g/mol. The average Bonchev–Trinajstić information content (AvgIpc) is 2.69. The van der Waals surface area contributed by atoms with Crippen LogP contribution in [0.2, 0.25) is 5.02 Å². The molecule has 1 unspecified atom stereocenters. The number of rotatable bonds is 4. The van der Waals surface area contributed by atoms with Crippen LogP contribution in [0.25, 0.3) is 0 Å². The molecule has 0 spiro atoms. The Bertz CT molecular complexity index is 420. The maximum atomic E-state index is 11.3. The Morgan fingerprint density at radius 2 is 2.41 bits per heavy atom. The van der Waals surface area contributed by atoms with Gasteiger partial charge >= 0.3 is 5.97 Å². The van der Waals surface area contributed by atoms with E-state index in [1.807, 2.05) is 25.1 Å². The van der Waals surface area contributed by atoms with Gasteiger partial charge in [-0.25, -0.2) is 0 Å². The summed E-state index contributed by atoms with van der Waals surface area (Å²) in [4.78, 5) is 11.3. The fraction of sp³-hybridized carbons (Fsp3) is 0.462. The highest BCUT2D eigenvalue weighted by atomic mass is 35.5. The van der Waals surface area contributed by atoms with E-state index in [0.29, 0.717) is 18.9 Å². The van der Waals surface area contributed by atoms with Crippen molar-refractivity contribution in [2.24, 2.45) is 0 Å². The minimum Gasteiger partial charge on any atom is -0.466 e. The third kappa shape index (κ3) is 2.91. The van der Waals surface area contributed by atoms with E-state index >= 15 is 0 Å². The molecule has 0 fully saturated rings. The Balaban J connectivity index is 1.97. The molecule has 1 N–H and O–H groups in total. The van der Waals surface area contributed by atoms with Crippen molar-refractivity contribution < 1.29 is 9.53 Å². The van der Waals surface area contributed by atoms with Gasteiger partial charge in [-0.2, -0.15) is 0 Å². The van der Waals surface area contributed by atoms with E-state index in [2.05, 4.69) is 5.32 Å². The monoisotopic (exact) mass is 253 g/mol. The van der Waals surface area contributed by atoms with E-state index in [9.17, 15) is 4.79 Å². The lowest BCUT2D eigenvalue weighted by molar-refractivity contribution is -0.143. The highest BCUT2D eigenvalue weighted by molar-refractivity contribution is 6.30. The molecule has 4 heteroatoms. The predicted molar refractivity (Wildman–Crippen MR) is 68.5 cm³/mol. The standard InChI is InChI=1S/C13H16ClNO2/c1-2-17-13(16)6-3-9-8-15-12-5-4-10(14)7-11(9)12/h4-5,7,9,15H,2-3,6,8H2,1H3. The summed E-state index contributed by atoms with van der Waals surface area (Å²) in [5, 5.41) is 4.07. The molecule has 0 bridgehead atoms. The second-order valence-corrected chi connectivity index (χ2v) is 4.59. The van der Waals surface area contributed by atoms with Gasteiger partial charge in [-0.05, 0) is 37.1 Å². The molecule has 0 amide bonds. The van der Waals surface area contributed by atoms with Crippen LogP contribution in [-0.4, -0.2) is 19.1 Å². The quantitative estimate of drug-likeness (QED) is 0.838. The van der Waals surface area contributed by atoms with Crippen LogP contribution in [0.3, 0.4) is 0 Å². The van der Waals surface area contributed by atoms with Crippen molar-refractivity contribution >= 4 is 23.3 Å². The summed E-state index contributed by atoms with van der Waals surface area (Å²) in [5.74, 6) is 0.232. The second kappa shape index (κ2) is 5.41. The van der Waals surface area contributed by atoms with Crippen LogP contribution in [0.4, 0.5) is 5.69 Å². The number of esters is 1. The van der Waals surface area contributed by atoms with E-state index < -0.39 is 0 Å². The number of hydrogen-bond donors (Lipinski definition) is 1. The molecule has 1 atom stereocenters. The third-order valence-electron chi connectivity index (χ3n) is 2.99. The van der Waals surface area contributed by atoms with Crippen molar-refractivity contribution in [3.8, 4) is 0 Å². The molecule has 17 heavy (non-hydrogen) atoms. The molecule has 92 valence electrons. The van der Waals surface area contributed by atoms with Gasteiger partial charge in [0.25, 0.3) is 0 Å². The number of carbonyl (C=O) groups excluding carboxylic acids is 1. The number of nitrogens with one attached hydrogen (secondary N) is 1. The first kappa shape index (κ1) is 12.2. The zero-order valence-electron chi connectivity index (χ0n) is 9.83. The van der Waals surface area contributed by atoms with E-state index in [-0.39, 0.29) is 5.97 Å². The van der Waals surface area contributed by atoms with Gasteiger partial charge in [-0.1, -0.05) is 11.6 Å². The molecule has 1 aliphatic heterocycles. The van der Waals surface area contributed by atoms with Gasteiger partial charge in [0, 0.05) is 29.6 Å². The van der Waals surface area contributed by atoms with Crippen molar-refractivity contribution in [2.75, 3.05) is 18.5 Å². The first-order chi connectivity index (χ1) is 8.20. The predicted octanol–water partition coefficient (Wildman–Crippen LogP) is 3.19. The van der Waals surface area contributed by atoms with E-state index in [1.54, 1.807) is 0 Å². The Hall–Kier alpha value is -1.22. The third-order valence-corrected chi connectivity index (χ3v) is 3.23. The number of benzene rings is 1. The lowest BCUT2D eigenvalue weighted by Gasteiger charge is -2.09. The highest BCUT2D eigenvalue weighted by Gasteiger charge is 2.23. The minimum absolute atomic E-state index is 0.122. The molecule has 3 nitrogen and oxygen atoms in total. The fourth-order valence-corrected chi connectivity index (χ4v) is 2.34. The summed E-state index contributed by atoms with van der Waals surface area (Å²) in [5.41, 5.74) is 2.34. The lowest BCUT2D eigenvalue weighted by atomic mass is 9.96. The molecule has 1 aliphatic rings. The second-order valence-electron chi connectivity index (χ2n) is 4.15. The van der Waals surface area contributed by atoms with Crippen molar-refractivity contribution in [2.45, 2.75) is 25.7 Å². The summed E-state index contributed by atoms with van der Waals surface area (Å²) in [6.45, 7) is 3.14. The molecule has 0 saturated carbocycles. The number of halogens is 1. The lowest BCUT2D eigenvalue weighted by Crippen LogP contribution is -2.08. The van der Waals surface area contributed by atoms with Crippen molar-refractivity contribution in [3.63, 3.8) is 0 Å². The van der Waals surface area contributed by atoms with Crippen LogP contribution < -0.4 is 5.32 Å². The summed E-state index contributed by atoms with van der Waals surface area (Å²) >= 11 is 5.98. The summed E-state index contributed by atoms with van der Waals surface area (Å²) in [6, 6.07) is 5.84. The number of ether oxygens (including phenoxy) is 1. The maximum Gasteiger partial charge on any atom is 0.305 e. The molecule has 1 aromatic carbocycles. The molecule has 1 aromatic rings. The molecule has 2 rings (SSSR count). The first-order valence-corrected chi connectivity index (χ1v) is 6.27. The van der Waals surface area contributed by atoms with Crippen molar-refractivity contribution in [1.82, 2.24) is 0 Å². The Morgan fingerprint density at radius 1 is 1.59 bits per heavy atom. The minimum atomic E-state index is -0.122. The van der Waals surface area contributed by atoms with Gasteiger partial charge in [0.15, 0.2) is 0 Å². The molecule has 0 radical (unpaired) electrons. The van der Waals surface area contributed by atoms with Crippen LogP contribution in [0.1, 0.15) is 31.2 Å². The summed E-state index contributed by atoms with van der Waals surface area (Å²) in [6.07, 6.45) is 1.27. The smallest absolute Gasteiger partial charge is 0.305 e.